The van der Waals surface area contributed by atoms with E-state index in [9.17, 15) is 31.5 Å². The van der Waals surface area contributed by atoms with Gasteiger partial charge in [-0.15, -0.1) is 0 Å². The minimum Gasteiger partial charge on any atom is -0.382 e. The molecule has 174 valence electrons. The third kappa shape index (κ3) is 4.22. The molecule has 0 fully saturated rings. The van der Waals surface area contributed by atoms with Crippen molar-refractivity contribution in [1.82, 2.24) is 14.6 Å². The molecule has 0 aliphatic heterocycles. The monoisotopic (exact) mass is 476 g/mol. The number of nitrogens with two attached hydrogens (primary N) is 1. The van der Waals surface area contributed by atoms with Gasteiger partial charge in [-0.1, -0.05) is 6.07 Å². The summed E-state index contributed by atoms with van der Waals surface area (Å²) in [7, 11) is 0. The molecule has 34 heavy (non-hydrogen) atoms. The lowest BCUT2D eigenvalue weighted by Crippen LogP contribution is -2.21. The van der Waals surface area contributed by atoms with Crippen LogP contribution in [-0.4, -0.2) is 26.9 Å². The highest BCUT2D eigenvalue weighted by molar-refractivity contribution is 6.01. The van der Waals surface area contributed by atoms with E-state index in [-0.39, 0.29) is 33.7 Å². The predicted molar refractivity (Wildman–Crippen MR) is 112 cm³/mol. The number of alkyl halides is 3. The van der Waals surface area contributed by atoms with Crippen molar-refractivity contribution in [1.29, 1.82) is 0 Å². The summed E-state index contributed by atoms with van der Waals surface area (Å²) < 4.78 is 68.4. The molecule has 0 bridgehead atoms. The summed E-state index contributed by atoms with van der Waals surface area (Å²) in [5, 5.41) is 7.96. The molecule has 0 saturated heterocycles. The Kier molecular flexibility index (Phi) is 5.61. The second kappa shape index (κ2) is 8.42. The first-order valence-corrected chi connectivity index (χ1v) is 9.40. The number of aromatic nitrogens is 3. The number of anilines is 3. The summed E-state index contributed by atoms with van der Waals surface area (Å²) in [4.78, 5) is 27.5. The number of nitrogen functional groups attached to an aromatic ring is 1. The normalized spacial score (nSPS) is 11.4. The number of amides is 2. The van der Waals surface area contributed by atoms with E-state index in [0.717, 1.165) is 12.1 Å². The first-order chi connectivity index (χ1) is 16.1. The minimum absolute atomic E-state index is 0.0446. The Hall–Kier alpha value is -4.55. The Morgan fingerprint density at radius 1 is 1.03 bits per heavy atom. The quantitative estimate of drug-likeness (QED) is 0.291. The maximum atomic E-state index is 14.8. The zero-order valence-corrected chi connectivity index (χ0v) is 16.8. The van der Waals surface area contributed by atoms with Gasteiger partial charge in [-0.05, 0) is 35.9 Å². The average molecular weight is 476 g/mol. The molecule has 8 nitrogen and oxygen atoms in total. The lowest BCUT2D eigenvalue weighted by Gasteiger charge is -2.12. The zero-order valence-electron chi connectivity index (χ0n) is 16.8. The van der Waals surface area contributed by atoms with Gasteiger partial charge in [0.25, 0.3) is 0 Å². The van der Waals surface area contributed by atoms with Crippen molar-refractivity contribution in [2.24, 2.45) is 0 Å². The Morgan fingerprint density at radius 3 is 2.44 bits per heavy atom. The van der Waals surface area contributed by atoms with E-state index in [1.807, 2.05) is 5.32 Å². The number of benzene rings is 2. The lowest BCUT2D eigenvalue weighted by molar-refractivity contribution is -0.137. The summed E-state index contributed by atoms with van der Waals surface area (Å²) in [5.41, 5.74) is 4.51. The number of carbonyl (C=O) groups excluding carboxylic acids is 2. The van der Waals surface area contributed by atoms with Gasteiger partial charge in [0.15, 0.2) is 12.1 Å². The van der Waals surface area contributed by atoms with Crippen molar-refractivity contribution in [3.8, 4) is 11.1 Å². The Bertz CT molecular complexity index is 1430. The molecule has 0 radical (unpaired) electrons. The summed E-state index contributed by atoms with van der Waals surface area (Å²) in [6, 6.07) is 3.85. The van der Waals surface area contributed by atoms with Crippen LogP contribution in [0.15, 0.2) is 48.9 Å². The van der Waals surface area contributed by atoms with E-state index in [4.69, 9.17) is 5.73 Å². The number of hydrogen-bond acceptors (Lipinski definition) is 5. The number of urea groups is 1. The molecular weight excluding hydrogens is 463 g/mol. The van der Waals surface area contributed by atoms with Gasteiger partial charge >= 0.3 is 12.2 Å². The largest absolute Gasteiger partial charge is 0.416 e. The standard InChI is InChI=1S/C21H13F5N6O2/c22-13-3-2-12(21(24,25)26)6-16(13)31-20(34)30-15-4-1-10(5-14(15)23)17-11(8-33)7-32-18(17)19(27)28-9-29-32/h1-9H,(H2,27,28,29)(H2,30,31,34). The minimum atomic E-state index is -4.75. The number of aldehydes is 1. The van der Waals surface area contributed by atoms with Gasteiger partial charge in [-0.25, -0.2) is 23.1 Å². The van der Waals surface area contributed by atoms with Crippen LogP contribution in [0.25, 0.3) is 16.6 Å². The summed E-state index contributed by atoms with van der Waals surface area (Å²) in [6.45, 7) is 0. The van der Waals surface area contributed by atoms with Crippen molar-refractivity contribution in [2.75, 3.05) is 16.4 Å². The van der Waals surface area contributed by atoms with E-state index >= 15 is 0 Å². The van der Waals surface area contributed by atoms with E-state index in [0.29, 0.717) is 24.5 Å². The van der Waals surface area contributed by atoms with Gasteiger partial charge in [0, 0.05) is 17.3 Å². The third-order valence-corrected chi connectivity index (χ3v) is 4.81. The molecule has 2 amide bonds. The third-order valence-electron chi connectivity index (χ3n) is 4.81. The van der Waals surface area contributed by atoms with Gasteiger partial charge in [-0.2, -0.15) is 18.3 Å². The smallest absolute Gasteiger partial charge is 0.382 e. The van der Waals surface area contributed by atoms with Crippen LogP contribution >= 0.6 is 0 Å². The fourth-order valence-corrected chi connectivity index (χ4v) is 3.29. The number of fused-ring (bicyclic) bond motifs is 1. The molecule has 4 rings (SSSR count). The van der Waals surface area contributed by atoms with Gasteiger partial charge in [-0.3, -0.25) is 4.79 Å². The SMILES string of the molecule is Nc1ncnn2cc(C=O)c(-c3ccc(NC(=O)Nc4cc(C(F)(F)F)ccc4F)c(F)c3)c12. The van der Waals surface area contributed by atoms with Crippen LogP contribution in [0.4, 0.5) is 43.9 Å². The molecule has 0 aliphatic rings. The molecule has 2 aromatic heterocycles. The Labute approximate surface area is 187 Å². The fourth-order valence-electron chi connectivity index (χ4n) is 3.29. The predicted octanol–water partition coefficient (Wildman–Crippen LogP) is 4.73. The maximum Gasteiger partial charge on any atom is 0.416 e. The first kappa shape index (κ1) is 22.6. The molecule has 4 aromatic rings. The highest BCUT2D eigenvalue weighted by atomic mass is 19.4. The lowest BCUT2D eigenvalue weighted by atomic mass is 10.0. The second-order valence-electron chi connectivity index (χ2n) is 6.98. The van der Waals surface area contributed by atoms with Gasteiger partial charge in [0.1, 0.15) is 23.5 Å². The molecule has 2 heterocycles. The Morgan fingerprint density at radius 2 is 1.76 bits per heavy atom. The number of carbonyl (C=O) groups is 2. The molecule has 4 N–H and O–H groups in total. The maximum absolute atomic E-state index is 14.8. The highest BCUT2D eigenvalue weighted by Gasteiger charge is 2.31. The van der Waals surface area contributed by atoms with Crippen LogP contribution in [0.1, 0.15) is 15.9 Å². The number of halogens is 5. The van der Waals surface area contributed by atoms with Crippen molar-refractivity contribution in [3.63, 3.8) is 0 Å². The van der Waals surface area contributed by atoms with Crippen molar-refractivity contribution >= 4 is 35.0 Å². The topological polar surface area (TPSA) is 114 Å². The van der Waals surface area contributed by atoms with E-state index < -0.39 is 35.1 Å². The highest BCUT2D eigenvalue weighted by Crippen LogP contribution is 2.34. The van der Waals surface area contributed by atoms with E-state index in [2.05, 4.69) is 15.4 Å². The van der Waals surface area contributed by atoms with Crippen LogP contribution in [0.2, 0.25) is 0 Å². The first-order valence-electron chi connectivity index (χ1n) is 9.40. The second-order valence-corrected chi connectivity index (χ2v) is 6.98. The number of nitrogens with one attached hydrogen (secondary N) is 2. The molecule has 2 aromatic carbocycles. The van der Waals surface area contributed by atoms with Crippen molar-refractivity contribution in [3.05, 3.63) is 71.7 Å². The van der Waals surface area contributed by atoms with Crippen molar-refractivity contribution < 1.29 is 31.5 Å². The Balaban J connectivity index is 1.61. The summed E-state index contributed by atoms with van der Waals surface area (Å²) in [5.74, 6) is -2.01. The molecular formula is C21H13F5N6O2. The van der Waals surface area contributed by atoms with Gasteiger partial charge in [0.05, 0.1) is 16.9 Å². The number of hydrogen-bond donors (Lipinski definition) is 3. The van der Waals surface area contributed by atoms with Crippen LogP contribution < -0.4 is 16.4 Å². The molecule has 0 aliphatic carbocycles. The zero-order chi connectivity index (χ0) is 24.6. The molecule has 0 spiro atoms. The summed E-state index contributed by atoms with van der Waals surface area (Å²) in [6.07, 6.45) is -1.65. The average Bonchev–Trinajstić information content (AvgIpc) is 3.16. The number of rotatable bonds is 4. The molecule has 0 saturated carbocycles. The van der Waals surface area contributed by atoms with Crippen LogP contribution in [0.3, 0.4) is 0 Å². The molecule has 13 heteroatoms. The van der Waals surface area contributed by atoms with Crippen LogP contribution in [-0.2, 0) is 6.18 Å². The van der Waals surface area contributed by atoms with Crippen molar-refractivity contribution in [2.45, 2.75) is 6.18 Å². The fraction of sp³-hybridized carbons (Fsp3) is 0.0476. The van der Waals surface area contributed by atoms with Gasteiger partial charge in [0.2, 0.25) is 0 Å². The number of nitrogens with zero attached hydrogens (tertiary/aromatic N) is 3. The van der Waals surface area contributed by atoms with Crippen LogP contribution in [0, 0.1) is 11.6 Å². The van der Waals surface area contributed by atoms with E-state index in [1.54, 1.807) is 0 Å². The summed E-state index contributed by atoms with van der Waals surface area (Å²) >= 11 is 0. The van der Waals surface area contributed by atoms with E-state index in [1.165, 1.54) is 23.1 Å². The molecule has 0 unspecified atom stereocenters. The van der Waals surface area contributed by atoms with Crippen LogP contribution in [0.5, 0.6) is 0 Å². The molecule has 0 atom stereocenters. The van der Waals surface area contributed by atoms with Gasteiger partial charge < -0.3 is 16.4 Å².